The predicted octanol–water partition coefficient (Wildman–Crippen LogP) is 11.2. The van der Waals surface area contributed by atoms with Crippen molar-refractivity contribution in [3.63, 3.8) is 0 Å². The van der Waals surface area contributed by atoms with E-state index < -0.39 is 18.1 Å². The summed E-state index contributed by atoms with van der Waals surface area (Å²) in [7, 11) is 5.37. The number of rotatable bonds is 39. The minimum atomic E-state index is -1.14. The SMILES string of the molecule is CCCCC/C=C/C/C=C/C/C=C/C/C=C/C/C=C/CCCCC(=O)OC(COCCC(C(=O)[O-])[N+](C)(C)C)COC(=O)CC/C=C/C/C=C/CCCCCCCC. The molecule has 0 aliphatic heterocycles. The average Bonchev–Trinajstić information content (AvgIpc) is 3.18. The van der Waals surface area contributed by atoms with Crippen molar-refractivity contribution >= 4 is 17.9 Å². The molecule has 0 heterocycles. The molecule has 0 fully saturated rings. The van der Waals surface area contributed by atoms with Crippen molar-refractivity contribution in [1.82, 2.24) is 0 Å². The van der Waals surface area contributed by atoms with E-state index in [4.69, 9.17) is 14.2 Å². The van der Waals surface area contributed by atoms with Crippen LogP contribution in [0.3, 0.4) is 0 Å². The fraction of sp³-hybridized carbons (Fsp3) is 0.660. The van der Waals surface area contributed by atoms with Gasteiger partial charge in [0.25, 0.3) is 0 Å². The fourth-order valence-corrected chi connectivity index (χ4v) is 5.96. The number of carboxylic acids is 1. The first-order chi connectivity index (χ1) is 28.1. The third kappa shape index (κ3) is 38.1. The van der Waals surface area contributed by atoms with Gasteiger partial charge in [0.15, 0.2) is 6.10 Å². The molecule has 0 radical (unpaired) electrons. The van der Waals surface area contributed by atoms with Gasteiger partial charge in [-0.05, 0) is 83.5 Å². The first-order valence-electron chi connectivity index (χ1n) is 22.6. The summed E-state index contributed by atoms with van der Waals surface area (Å²) in [5.41, 5.74) is 0. The minimum Gasteiger partial charge on any atom is -0.544 e. The Bertz CT molecular complexity index is 1220. The Balaban J connectivity index is 4.50. The number of likely N-dealkylation sites (N-methyl/N-ethyl adjacent to an activating group) is 1. The van der Waals surface area contributed by atoms with Crippen molar-refractivity contribution in [2.45, 2.75) is 174 Å². The van der Waals surface area contributed by atoms with E-state index in [9.17, 15) is 19.5 Å². The van der Waals surface area contributed by atoms with E-state index in [0.29, 0.717) is 12.8 Å². The molecule has 0 aromatic rings. The summed E-state index contributed by atoms with van der Waals surface area (Å²) in [6.45, 7) is 4.49. The maximum atomic E-state index is 12.7. The zero-order valence-electron chi connectivity index (χ0n) is 37.4. The fourth-order valence-electron chi connectivity index (χ4n) is 5.96. The number of carboxylic acid groups (broad SMARTS) is 1. The van der Waals surface area contributed by atoms with Crippen molar-refractivity contribution in [3.05, 3.63) is 85.1 Å². The second-order valence-corrected chi connectivity index (χ2v) is 15.9. The molecule has 0 spiro atoms. The van der Waals surface area contributed by atoms with Gasteiger partial charge in [0.05, 0.1) is 40.3 Å². The van der Waals surface area contributed by atoms with Crippen molar-refractivity contribution in [2.75, 3.05) is 41.0 Å². The molecule has 2 unspecified atom stereocenters. The van der Waals surface area contributed by atoms with E-state index in [1.807, 2.05) is 6.08 Å². The molecule has 0 saturated heterocycles. The van der Waals surface area contributed by atoms with Gasteiger partial charge in [-0.3, -0.25) is 9.59 Å². The highest BCUT2D eigenvalue weighted by atomic mass is 16.6. The average molecular weight is 810 g/mol. The maximum absolute atomic E-state index is 12.7. The quantitative estimate of drug-likeness (QED) is 0.0264. The molecule has 0 saturated carbocycles. The largest absolute Gasteiger partial charge is 0.544 e. The number of hydrogen-bond acceptors (Lipinski definition) is 7. The molecule has 0 bridgehead atoms. The Morgan fingerprint density at radius 2 is 0.948 bits per heavy atom. The molecule has 0 aromatic carbocycles. The number of unbranched alkanes of at least 4 members (excludes halogenated alkanes) is 11. The van der Waals surface area contributed by atoms with E-state index in [-0.39, 0.29) is 55.5 Å². The summed E-state index contributed by atoms with van der Waals surface area (Å²) in [5.74, 6) is -1.89. The molecular weight excluding hydrogens is 727 g/mol. The summed E-state index contributed by atoms with van der Waals surface area (Å²) in [6, 6.07) is -0.745. The third-order valence-corrected chi connectivity index (χ3v) is 9.52. The molecule has 0 rings (SSSR count). The van der Waals surface area contributed by atoms with Gasteiger partial charge in [-0.25, -0.2) is 0 Å². The summed E-state index contributed by atoms with van der Waals surface area (Å²) in [5, 5.41) is 11.6. The van der Waals surface area contributed by atoms with Crippen LogP contribution in [0.25, 0.3) is 0 Å². The van der Waals surface area contributed by atoms with Crippen molar-refractivity contribution < 1.29 is 38.2 Å². The van der Waals surface area contributed by atoms with Gasteiger partial charge in [0.1, 0.15) is 12.6 Å². The number of ether oxygens (including phenoxy) is 3. The van der Waals surface area contributed by atoms with Crippen molar-refractivity contribution in [3.8, 4) is 0 Å². The van der Waals surface area contributed by atoms with Crippen LogP contribution in [0.15, 0.2) is 85.1 Å². The van der Waals surface area contributed by atoms with Crippen LogP contribution in [0.1, 0.15) is 162 Å². The number of hydrogen-bond donors (Lipinski definition) is 0. The lowest BCUT2D eigenvalue weighted by Crippen LogP contribution is -2.55. The Labute approximate surface area is 354 Å². The van der Waals surface area contributed by atoms with E-state index in [2.05, 4.69) is 92.8 Å². The molecule has 0 amide bonds. The number of esters is 2. The highest BCUT2D eigenvalue weighted by Gasteiger charge is 2.25. The molecule has 8 heteroatoms. The first kappa shape index (κ1) is 54.5. The number of allylic oxidation sites excluding steroid dienone is 14. The smallest absolute Gasteiger partial charge is 0.306 e. The van der Waals surface area contributed by atoms with Gasteiger partial charge in [0.2, 0.25) is 0 Å². The Hall–Kier alpha value is -3.49. The number of quaternary nitrogens is 1. The monoisotopic (exact) mass is 810 g/mol. The molecule has 0 N–H and O–H groups in total. The normalized spacial score (nSPS) is 13.7. The van der Waals surface area contributed by atoms with Crippen molar-refractivity contribution in [2.24, 2.45) is 0 Å². The second kappa shape index (κ2) is 40.3. The Morgan fingerprint density at radius 3 is 1.45 bits per heavy atom. The van der Waals surface area contributed by atoms with Gasteiger partial charge in [-0.2, -0.15) is 0 Å². The van der Waals surface area contributed by atoms with E-state index in [1.54, 1.807) is 21.1 Å². The second-order valence-electron chi connectivity index (χ2n) is 15.9. The van der Waals surface area contributed by atoms with Crippen LogP contribution < -0.4 is 5.11 Å². The zero-order valence-corrected chi connectivity index (χ0v) is 37.4. The standard InChI is InChI=1S/C50H83NO7/c1-6-8-10-12-14-16-18-20-21-22-23-24-25-26-27-29-31-33-35-37-39-41-49(53)58-46(44-56-43-42-47(50(54)55)51(3,4)5)45-57-48(52)40-38-36-34-32-30-28-19-17-15-13-11-9-7-2/h14,16,20-21,23-24,26-28,30-31,33-34,36,46-47H,6-13,15,17-19,22,25,29,32,35,37-45H2,1-5H3/b16-14+,21-20+,24-23+,27-26+,30-28+,33-31+,36-34+. The number of nitrogens with zero attached hydrogens (tertiary/aromatic N) is 1. The topological polar surface area (TPSA) is 102 Å². The van der Waals surface area contributed by atoms with Gasteiger partial charge < -0.3 is 28.6 Å². The Morgan fingerprint density at radius 1 is 0.517 bits per heavy atom. The van der Waals surface area contributed by atoms with Crippen LogP contribution in [-0.4, -0.2) is 75.5 Å². The van der Waals surface area contributed by atoms with Gasteiger partial charge in [0, 0.05) is 19.3 Å². The van der Waals surface area contributed by atoms with Crippen LogP contribution in [0, 0.1) is 0 Å². The molecular formula is C50H83NO7. The third-order valence-electron chi connectivity index (χ3n) is 9.52. The molecule has 0 aliphatic carbocycles. The van der Waals surface area contributed by atoms with Crippen LogP contribution in [-0.2, 0) is 28.6 Å². The molecule has 330 valence electrons. The summed E-state index contributed by atoms with van der Waals surface area (Å²) in [6.07, 6.45) is 52.0. The summed E-state index contributed by atoms with van der Waals surface area (Å²) >= 11 is 0. The first-order valence-corrected chi connectivity index (χ1v) is 22.6. The molecule has 0 aromatic heterocycles. The number of carbonyl (C=O) groups excluding carboxylic acids is 3. The van der Waals surface area contributed by atoms with Crippen LogP contribution in [0.5, 0.6) is 0 Å². The maximum Gasteiger partial charge on any atom is 0.306 e. The molecule has 2 atom stereocenters. The van der Waals surface area contributed by atoms with Crippen LogP contribution >= 0.6 is 0 Å². The molecule has 0 aliphatic rings. The highest BCUT2D eigenvalue weighted by molar-refractivity contribution is 5.70. The predicted molar refractivity (Wildman–Crippen MR) is 240 cm³/mol. The van der Waals surface area contributed by atoms with Crippen LogP contribution in [0.2, 0.25) is 0 Å². The minimum absolute atomic E-state index is 0.00112. The van der Waals surface area contributed by atoms with Crippen LogP contribution in [0.4, 0.5) is 0 Å². The van der Waals surface area contributed by atoms with E-state index in [0.717, 1.165) is 51.4 Å². The number of aliphatic carboxylic acids is 1. The number of carbonyl (C=O) groups is 3. The van der Waals surface area contributed by atoms with E-state index >= 15 is 0 Å². The Kier molecular flexibility index (Phi) is 37.9. The zero-order chi connectivity index (χ0) is 42.8. The lowest BCUT2D eigenvalue weighted by atomic mass is 10.1. The lowest BCUT2D eigenvalue weighted by molar-refractivity contribution is -0.889. The summed E-state index contributed by atoms with van der Waals surface area (Å²) in [4.78, 5) is 36.8. The summed E-state index contributed by atoms with van der Waals surface area (Å²) < 4.78 is 17.0. The van der Waals surface area contributed by atoms with Gasteiger partial charge in [-0.1, -0.05) is 144 Å². The molecule has 58 heavy (non-hydrogen) atoms. The molecule has 8 nitrogen and oxygen atoms in total. The van der Waals surface area contributed by atoms with Gasteiger partial charge in [-0.15, -0.1) is 0 Å². The lowest BCUT2D eigenvalue weighted by Gasteiger charge is -2.34. The van der Waals surface area contributed by atoms with Gasteiger partial charge >= 0.3 is 11.9 Å². The van der Waals surface area contributed by atoms with E-state index in [1.165, 1.54) is 64.2 Å². The van der Waals surface area contributed by atoms with Crippen molar-refractivity contribution in [1.29, 1.82) is 0 Å². The highest BCUT2D eigenvalue weighted by Crippen LogP contribution is 2.11.